The molecule has 0 saturated heterocycles. The van der Waals surface area contributed by atoms with Crippen molar-refractivity contribution in [2.24, 2.45) is 0 Å². The highest BCUT2D eigenvalue weighted by Crippen LogP contribution is 2.62. The molecule has 0 saturated carbocycles. The third-order valence-electron chi connectivity index (χ3n) is 7.60. The van der Waals surface area contributed by atoms with Crippen molar-refractivity contribution in [2.45, 2.75) is 19.6 Å². The highest BCUT2D eigenvalue weighted by Gasteiger charge is 2.36. The quantitative estimate of drug-likeness (QED) is 0.217. The molecule has 0 fully saturated rings. The molecule has 1 aromatic heterocycles. The largest absolute Gasteiger partial charge is 0.455 e. The molecule has 40 heavy (non-hydrogen) atoms. The van der Waals surface area contributed by atoms with Crippen LogP contribution in [0.15, 0.2) is 140 Å². The first kappa shape index (κ1) is 23.5. The Morgan fingerprint density at radius 3 is 1.77 bits per heavy atom. The summed E-state index contributed by atoms with van der Waals surface area (Å²) >= 11 is 3.62. The standard InChI is InChI=1S/C36H23NOS2/c1-3-26-27-21-33-34-36(35(27)38-30(26)4-2)40-32-20-25(23-13-9-6-10-14-23)16-18-29(32)37(34)28-17-15-24(19-31(28)39-33)22-11-7-5-8-12-22/h3-21H,1-2H2. The Labute approximate surface area is 241 Å². The molecule has 0 bridgehead atoms. The van der Waals surface area contributed by atoms with E-state index in [1.807, 2.05) is 17.8 Å². The maximum Gasteiger partial charge on any atom is 0.151 e. The Balaban J connectivity index is 1.39. The number of furan rings is 1. The lowest BCUT2D eigenvalue weighted by atomic mass is 10.0. The minimum absolute atomic E-state index is 0.758. The van der Waals surface area contributed by atoms with Crippen molar-refractivity contribution in [3.05, 3.63) is 128 Å². The van der Waals surface area contributed by atoms with Crippen LogP contribution in [0.2, 0.25) is 0 Å². The van der Waals surface area contributed by atoms with Crippen LogP contribution in [-0.2, 0) is 0 Å². The second-order valence-electron chi connectivity index (χ2n) is 9.85. The van der Waals surface area contributed by atoms with Gasteiger partial charge in [-0.15, -0.1) is 0 Å². The summed E-state index contributed by atoms with van der Waals surface area (Å²) in [7, 11) is 0. The Hall–Kier alpha value is -4.38. The molecular weight excluding hydrogens is 527 g/mol. The molecule has 2 aliphatic rings. The lowest BCUT2D eigenvalue weighted by molar-refractivity contribution is 0.596. The third-order valence-corrected chi connectivity index (χ3v) is 9.81. The van der Waals surface area contributed by atoms with Gasteiger partial charge in [0.15, 0.2) is 5.58 Å². The van der Waals surface area contributed by atoms with Gasteiger partial charge in [0.05, 0.1) is 22.0 Å². The van der Waals surface area contributed by atoms with Crippen molar-refractivity contribution in [1.82, 2.24) is 0 Å². The van der Waals surface area contributed by atoms with Gasteiger partial charge in [0, 0.05) is 25.6 Å². The van der Waals surface area contributed by atoms with Crippen LogP contribution in [0.1, 0.15) is 11.3 Å². The van der Waals surface area contributed by atoms with E-state index >= 15 is 0 Å². The maximum absolute atomic E-state index is 6.46. The van der Waals surface area contributed by atoms with Gasteiger partial charge in [-0.1, -0.05) is 116 Å². The van der Waals surface area contributed by atoms with Gasteiger partial charge in [-0.05, 0) is 58.7 Å². The minimum Gasteiger partial charge on any atom is -0.455 e. The fraction of sp³-hybridized carbons (Fsp3) is 0. The Morgan fingerprint density at radius 2 is 1.20 bits per heavy atom. The van der Waals surface area contributed by atoms with Crippen LogP contribution in [-0.4, -0.2) is 0 Å². The second kappa shape index (κ2) is 9.09. The van der Waals surface area contributed by atoms with Crippen molar-refractivity contribution >= 4 is 63.7 Å². The molecule has 8 rings (SSSR count). The number of nitrogens with zero attached hydrogens (tertiary/aromatic N) is 1. The van der Waals surface area contributed by atoms with Crippen molar-refractivity contribution in [1.29, 1.82) is 0 Å². The average Bonchev–Trinajstić information content (AvgIpc) is 3.38. The smallest absolute Gasteiger partial charge is 0.151 e. The van der Waals surface area contributed by atoms with Gasteiger partial charge in [0.1, 0.15) is 5.76 Å². The van der Waals surface area contributed by atoms with E-state index in [2.05, 4.69) is 121 Å². The lowest BCUT2D eigenvalue weighted by Crippen LogP contribution is -2.19. The number of hydrogen-bond acceptors (Lipinski definition) is 4. The van der Waals surface area contributed by atoms with E-state index in [1.165, 1.54) is 54.0 Å². The zero-order valence-corrected chi connectivity index (χ0v) is 23.2. The molecule has 0 atom stereocenters. The highest BCUT2D eigenvalue weighted by molar-refractivity contribution is 8.01. The fourth-order valence-electron chi connectivity index (χ4n) is 5.73. The number of hydrogen-bond donors (Lipinski definition) is 0. The van der Waals surface area contributed by atoms with Crippen molar-refractivity contribution in [3.8, 4) is 22.3 Å². The molecule has 0 unspecified atom stereocenters. The van der Waals surface area contributed by atoms with Crippen molar-refractivity contribution in [2.75, 3.05) is 4.90 Å². The van der Waals surface area contributed by atoms with Crippen LogP contribution in [0.5, 0.6) is 0 Å². The van der Waals surface area contributed by atoms with E-state index in [0.29, 0.717) is 0 Å². The topological polar surface area (TPSA) is 16.4 Å². The summed E-state index contributed by atoms with van der Waals surface area (Å²) in [6.07, 6.45) is 3.66. The molecule has 5 aromatic carbocycles. The number of anilines is 3. The van der Waals surface area contributed by atoms with E-state index in [4.69, 9.17) is 4.42 Å². The van der Waals surface area contributed by atoms with Gasteiger partial charge in [-0.3, -0.25) is 0 Å². The number of benzene rings is 5. The zero-order valence-electron chi connectivity index (χ0n) is 21.6. The average molecular weight is 550 g/mol. The van der Waals surface area contributed by atoms with E-state index in [0.717, 1.165) is 27.2 Å². The second-order valence-corrected chi connectivity index (χ2v) is 12.0. The first-order chi connectivity index (χ1) is 19.7. The SMILES string of the molecule is C=Cc1oc2c3c4c(cc2c1C=C)Sc1cc(-c2ccccc2)ccc1N4c1ccc(-c2ccccc2)cc1S3. The number of rotatable bonds is 4. The predicted molar refractivity (Wildman–Crippen MR) is 170 cm³/mol. The molecule has 6 aromatic rings. The molecule has 190 valence electrons. The third kappa shape index (κ3) is 3.46. The number of fused-ring (bicyclic) bond motifs is 6. The molecule has 0 aliphatic carbocycles. The molecule has 2 aliphatic heterocycles. The van der Waals surface area contributed by atoms with E-state index < -0.39 is 0 Å². The maximum atomic E-state index is 6.46. The van der Waals surface area contributed by atoms with Gasteiger partial charge in [-0.25, -0.2) is 0 Å². The van der Waals surface area contributed by atoms with Crippen molar-refractivity contribution in [3.63, 3.8) is 0 Å². The summed E-state index contributed by atoms with van der Waals surface area (Å²) in [4.78, 5) is 7.21. The molecule has 4 heteroatoms. The molecular formula is C36H23NOS2. The van der Waals surface area contributed by atoms with Crippen LogP contribution >= 0.6 is 23.5 Å². The van der Waals surface area contributed by atoms with Gasteiger partial charge in [-0.2, -0.15) is 0 Å². The fourth-order valence-corrected chi connectivity index (χ4v) is 8.16. The van der Waals surface area contributed by atoms with E-state index in [9.17, 15) is 0 Å². The van der Waals surface area contributed by atoms with Gasteiger partial charge >= 0.3 is 0 Å². The molecule has 0 N–H and O–H groups in total. The monoisotopic (exact) mass is 549 g/mol. The molecule has 2 nitrogen and oxygen atoms in total. The predicted octanol–water partition coefficient (Wildman–Crippen LogP) is 11.5. The van der Waals surface area contributed by atoms with Gasteiger partial charge in [0.2, 0.25) is 0 Å². The summed E-state index contributed by atoms with van der Waals surface area (Å²) in [5.74, 6) is 0.758. The van der Waals surface area contributed by atoms with Gasteiger partial charge in [0.25, 0.3) is 0 Å². The van der Waals surface area contributed by atoms with Crippen LogP contribution in [0.4, 0.5) is 17.1 Å². The normalized spacial score (nSPS) is 12.9. The zero-order chi connectivity index (χ0) is 26.8. The summed E-state index contributed by atoms with van der Waals surface area (Å²) < 4.78 is 6.46. The molecule has 3 heterocycles. The van der Waals surface area contributed by atoms with Crippen LogP contribution in [0, 0.1) is 0 Å². The Kier molecular flexibility index (Phi) is 5.34. The molecule has 0 amide bonds. The van der Waals surface area contributed by atoms with E-state index in [-0.39, 0.29) is 0 Å². The lowest BCUT2D eigenvalue weighted by Gasteiger charge is -2.38. The Morgan fingerprint density at radius 1 is 0.600 bits per heavy atom. The first-order valence-electron chi connectivity index (χ1n) is 13.2. The first-order valence-corrected chi connectivity index (χ1v) is 14.8. The molecule has 0 spiro atoms. The van der Waals surface area contributed by atoms with E-state index in [1.54, 1.807) is 17.8 Å². The van der Waals surface area contributed by atoms with Crippen LogP contribution in [0.25, 0.3) is 45.4 Å². The summed E-state index contributed by atoms with van der Waals surface area (Å²) in [5, 5.41) is 1.07. The molecule has 0 radical (unpaired) electrons. The Bertz CT molecular complexity index is 1980. The van der Waals surface area contributed by atoms with Crippen LogP contribution in [0.3, 0.4) is 0 Å². The van der Waals surface area contributed by atoms with Crippen LogP contribution < -0.4 is 4.90 Å². The summed E-state index contributed by atoms with van der Waals surface area (Å²) in [5.41, 5.74) is 10.3. The minimum atomic E-state index is 0.758. The highest BCUT2D eigenvalue weighted by atomic mass is 32.2. The van der Waals surface area contributed by atoms with Crippen molar-refractivity contribution < 1.29 is 4.42 Å². The summed E-state index contributed by atoms with van der Waals surface area (Å²) in [6, 6.07) is 37.0. The summed E-state index contributed by atoms with van der Waals surface area (Å²) in [6.45, 7) is 8.09. The van der Waals surface area contributed by atoms with Gasteiger partial charge < -0.3 is 9.32 Å².